The summed E-state index contributed by atoms with van der Waals surface area (Å²) >= 11 is 0. The van der Waals surface area contributed by atoms with Crippen LogP contribution in [0.15, 0.2) is 48.5 Å². The van der Waals surface area contributed by atoms with Crippen LogP contribution < -0.4 is 5.32 Å². The van der Waals surface area contributed by atoms with Crippen LogP contribution in [0.2, 0.25) is 0 Å². The number of carbonyl (C=O) groups is 3. The third kappa shape index (κ3) is 5.01. The van der Waals surface area contributed by atoms with E-state index in [1.807, 2.05) is 53.8 Å². The zero-order valence-corrected chi connectivity index (χ0v) is 17.1. The van der Waals surface area contributed by atoms with Gasteiger partial charge in [-0.25, -0.2) is 4.79 Å². The predicted molar refractivity (Wildman–Crippen MR) is 108 cm³/mol. The summed E-state index contributed by atoms with van der Waals surface area (Å²) in [6, 6.07) is 15.2. The van der Waals surface area contributed by atoms with E-state index in [9.17, 15) is 27.6 Å². The molecule has 2 N–H and O–H groups in total. The van der Waals surface area contributed by atoms with E-state index in [1.54, 1.807) is 0 Å². The molecule has 3 rings (SSSR count). The number of benzene rings is 2. The lowest BCUT2D eigenvalue weighted by molar-refractivity contribution is -0.188. The van der Waals surface area contributed by atoms with Crippen molar-refractivity contribution in [1.29, 1.82) is 0 Å². The van der Waals surface area contributed by atoms with Gasteiger partial charge < -0.3 is 20.1 Å². The summed E-state index contributed by atoms with van der Waals surface area (Å²) in [5, 5.41) is 10.7. The largest absolute Gasteiger partial charge is 0.480 e. The van der Waals surface area contributed by atoms with Gasteiger partial charge in [0.25, 0.3) is 0 Å². The molecule has 10 heteroatoms. The lowest BCUT2D eigenvalue weighted by atomic mass is 9.98. The number of ether oxygens (including phenoxy) is 1. The third-order valence-corrected chi connectivity index (χ3v) is 5.24. The van der Waals surface area contributed by atoms with Crippen LogP contribution in [0.4, 0.5) is 18.0 Å². The molecule has 7 nitrogen and oxygen atoms in total. The van der Waals surface area contributed by atoms with E-state index in [0.29, 0.717) is 4.90 Å². The number of nitrogens with one attached hydrogen (secondary N) is 1. The maximum atomic E-state index is 13.3. The van der Waals surface area contributed by atoms with Gasteiger partial charge in [-0.2, -0.15) is 13.2 Å². The number of alkyl carbamates (subject to hydrolysis) is 1. The molecule has 0 aliphatic heterocycles. The van der Waals surface area contributed by atoms with E-state index in [2.05, 4.69) is 0 Å². The standard InChI is InChI=1S/C22H21F3N2O5/c1-27(11-19(28)29)20(30)18(22(23,24)25)10-26-21(31)32-12-17-15-8-4-2-6-13(15)14-7-3-5-9-16(14)17/h2-9,17-18H,10-12H2,1H3,(H,26,31)(H,28,29). The number of carboxylic acids is 1. The van der Waals surface area contributed by atoms with Crippen LogP contribution in [0.25, 0.3) is 11.1 Å². The molecular formula is C22H21F3N2O5. The molecular weight excluding hydrogens is 429 g/mol. The Kier molecular flexibility index (Phi) is 6.71. The first-order valence-corrected chi connectivity index (χ1v) is 9.72. The van der Waals surface area contributed by atoms with Gasteiger partial charge in [-0.1, -0.05) is 48.5 Å². The maximum absolute atomic E-state index is 13.3. The summed E-state index contributed by atoms with van der Waals surface area (Å²) in [4.78, 5) is 35.3. The number of carbonyl (C=O) groups excluding carboxylic acids is 2. The van der Waals surface area contributed by atoms with Crippen molar-refractivity contribution in [2.75, 3.05) is 26.7 Å². The molecule has 32 heavy (non-hydrogen) atoms. The monoisotopic (exact) mass is 450 g/mol. The van der Waals surface area contributed by atoms with Crippen LogP contribution >= 0.6 is 0 Å². The second-order valence-electron chi connectivity index (χ2n) is 7.39. The fourth-order valence-corrected chi connectivity index (χ4v) is 3.72. The number of fused-ring (bicyclic) bond motifs is 3. The molecule has 0 radical (unpaired) electrons. The lowest BCUT2D eigenvalue weighted by Crippen LogP contribution is -2.48. The molecule has 0 saturated heterocycles. The number of amides is 2. The highest BCUT2D eigenvalue weighted by atomic mass is 19.4. The number of alkyl halides is 3. The molecule has 170 valence electrons. The van der Waals surface area contributed by atoms with Gasteiger partial charge >= 0.3 is 18.2 Å². The first-order chi connectivity index (χ1) is 15.1. The molecule has 0 aromatic heterocycles. The van der Waals surface area contributed by atoms with Crippen LogP contribution in [-0.4, -0.2) is 60.9 Å². The molecule has 0 saturated carbocycles. The molecule has 0 bridgehead atoms. The van der Waals surface area contributed by atoms with Crippen molar-refractivity contribution in [3.05, 3.63) is 59.7 Å². The number of nitrogens with zero attached hydrogens (tertiary/aromatic N) is 1. The van der Waals surface area contributed by atoms with Crippen LogP contribution in [0, 0.1) is 5.92 Å². The van der Waals surface area contributed by atoms with Gasteiger partial charge in [0.1, 0.15) is 13.2 Å². The molecule has 0 fully saturated rings. The number of halogens is 3. The van der Waals surface area contributed by atoms with Gasteiger partial charge in [0.15, 0.2) is 5.92 Å². The van der Waals surface area contributed by atoms with Crippen molar-refractivity contribution in [3.63, 3.8) is 0 Å². The first-order valence-electron chi connectivity index (χ1n) is 9.72. The van der Waals surface area contributed by atoms with Crippen molar-refractivity contribution in [2.24, 2.45) is 5.92 Å². The van der Waals surface area contributed by atoms with Crippen LogP contribution in [0.3, 0.4) is 0 Å². The molecule has 0 spiro atoms. The Hall–Kier alpha value is -3.56. The third-order valence-electron chi connectivity index (χ3n) is 5.24. The second kappa shape index (κ2) is 9.29. The number of hydrogen-bond donors (Lipinski definition) is 2. The number of rotatable bonds is 7. The quantitative estimate of drug-likeness (QED) is 0.675. The minimum absolute atomic E-state index is 0.0938. The van der Waals surface area contributed by atoms with Crippen molar-refractivity contribution in [3.8, 4) is 11.1 Å². The lowest BCUT2D eigenvalue weighted by Gasteiger charge is -2.24. The average molecular weight is 450 g/mol. The van der Waals surface area contributed by atoms with E-state index in [4.69, 9.17) is 9.84 Å². The zero-order chi connectivity index (χ0) is 23.5. The SMILES string of the molecule is CN(CC(=O)O)C(=O)C(CNC(=O)OCC1c2ccccc2-c2ccccc21)C(F)(F)F. The first kappa shape index (κ1) is 23.1. The summed E-state index contributed by atoms with van der Waals surface area (Å²) in [7, 11) is 0.947. The number of likely N-dealkylation sites (N-methyl/N-ethyl adjacent to an activating group) is 1. The second-order valence-corrected chi connectivity index (χ2v) is 7.39. The minimum atomic E-state index is -4.97. The molecule has 2 amide bonds. The molecule has 1 atom stereocenters. The summed E-state index contributed by atoms with van der Waals surface area (Å²) in [5.74, 6) is -5.77. The molecule has 1 aliphatic carbocycles. The number of aliphatic carboxylic acids is 1. The normalized spacial score (nSPS) is 13.6. The topological polar surface area (TPSA) is 95.9 Å². The Balaban J connectivity index is 1.63. The fourth-order valence-electron chi connectivity index (χ4n) is 3.72. The van der Waals surface area contributed by atoms with Crippen LogP contribution in [-0.2, 0) is 14.3 Å². The molecule has 1 aliphatic rings. The Morgan fingerprint density at radius 2 is 1.59 bits per heavy atom. The van der Waals surface area contributed by atoms with Crippen molar-refractivity contribution in [2.45, 2.75) is 12.1 Å². The van der Waals surface area contributed by atoms with Crippen LogP contribution in [0.1, 0.15) is 17.0 Å². The summed E-state index contributed by atoms with van der Waals surface area (Å²) in [6.07, 6.45) is -6.07. The van der Waals surface area contributed by atoms with E-state index < -0.39 is 43.2 Å². The van der Waals surface area contributed by atoms with Crippen molar-refractivity contribution in [1.82, 2.24) is 10.2 Å². The van der Waals surface area contributed by atoms with Crippen molar-refractivity contribution < 1.29 is 37.4 Å². The minimum Gasteiger partial charge on any atom is -0.480 e. The van der Waals surface area contributed by atoms with Gasteiger partial charge in [0, 0.05) is 19.5 Å². The van der Waals surface area contributed by atoms with E-state index in [1.165, 1.54) is 0 Å². The van der Waals surface area contributed by atoms with E-state index >= 15 is 0 Å². The summed E-state index contributed by atoms with van der Waals surface area (Å²) in [5.41, 5.74) is 3.89. The molecule has 2 aromatic rings. The Bertz CT molecular complexity index is 979. The highest BCUT2D eigenvalue weighted by Gasteiger charge is 2.46. The van der Waals surface area contributed by atoms with Gasteiger partial charge in [-0.05, 0) is 22.3 Å². The Labute approximate surface area is 181 Å². The maximum Gasteiger partial charge on any atom is 0.407 e. The summed E-state index contributed by atoms with van der Waals surface area (Å²) < 4.78 is 45.1. The van der Waals surface area contributed by atoms with E-state index in [-0.39, 0.29) is 12.5 Å². The fraction of sp³-hybridized carbons (Fsp3) is 0.318. The molecule has 0 heterocycles. The van der Waals surface area contributed by atoms with Crippen LogP contribution in [0.5, 0.6) is 0 Å². The average Bonchev–Trinajstić information content (AvgIpc) is 3.04. The smallest absolute Gasteiger partial charge is 0.407 e. The van der Waals surface area contributed by atoms with Gasteiger partial charge in [0.2, 0.25) is 5.91 Å². The Morgan fingerprint density at radius 1 is 1.06 bits per heavy atom. The molecule has 2 aromatic carbocycles. The summed E-state index contributed by atoms with van der Waals surface area (Å²) in [6.45, 7) is -2.05. The zero-order valence-electron chi connectivity index (χ0n) is 17.1. The number of carboxylic acid groups (broad SMARTS) is 1. The van der Waals surface area contributed by atoms with Gasteiger partial charge in [0.05, 0.1) is 0 Å². The van der Waals surface area contributed by atoms with Gasteiger partial charge in [-0.15, -0.1) is 0 Å². The van der Waals surface area contributed by atoms with E-state index in [0.717, 1.165) is 29.3 Å². The van der Waals surface area contributed by atoms with Gasteiger partial charge in [-0.3, -0.25) is 9.59 Å². The highest BCUT2D eigenvalue weighted by molar-refractivity contribution is 5.84. The Morgan fingerprint density at radius 3 is 2.09 bits per heavy atom. The highest BCUT2D eigenvalue weighted by Crippen LogP contribution is 2.44. The number of hydrogen-bond acceptors (Lipinski definition) is 4. The predicted octanol–water partition coefficient (Wildman–Crippen LogP) is 3.25. The molecule has 1 unspecified atom stereocenters. The van der Waals surface area contributed by atoms with Crippen molar-refractivity contribution >= 4 is 18.0 Å².